The lowest BCUT2D eigenvalue weighted by molar-refractivity contribution is -0.123. The van der Waals surface area contributed by atoms with Gasteiger partial charge in [-0.3, -0.25) is 9.78 Å². The Balaban J connectivity index is 1.83. The van der Waals surface area contributed by atoms with Crippen LogP contribution in [-0.4, -0.2) is 23.0 Å². The Kier molecular flexibility index (Phi) is 6.20. The third kappa shape index (κ3) is 4.51. The quantitative estimate of drug-likeness (QED) is 0.573. The van der Waals surface area contributed by atoms with Crippen molar-refractivity contribution in [3.63, 3.8) is 0 Å². The monoisotopic (exact) mass is 404 g/mol. The SMILES string of the molecule is Cc1cc(C)c(NC(=O)C(C)OC(=O)c2cc(C(C)C)nc3ccccc23)c(C)c1. The Bertz CT molecular complexity index is 1100. The number of fused-ring (bicyclic) bond motifs is 1. The Morgan fingerprint density at radius 1 is 0.967 bits per heavy atom. The van der Waals surface area contributed by atoms with Gasteiger partial charge < -0.3 is 10.1 Å². The molecule has 0 radical (unpaired) electrons. The number of para-hydroxylation sites is 1. The maximum Gasteiger partial charge on any atom is 0.339 e. The van der Waals surface area contributed by atoms with Crippen LogP contribution in [0.5, 0.6) is 0 Å². The van der Waals surface area contributed by atoms with Gasteiger partial charge in [0.2, 0.25) is 0 Å². The number of carbonyl (C=O) groups excluding carboxylic acids is 2. The first-order valence-electron chi connectivity index (χ1n) is 10.2. The third-order valence-corrected chi connectivity index (χ3v) is 5.13. The number of carbonyl (C=O) groups is 2. The third-order valence-electron chi connectivity index (χ3n) is 5.13. The van der Waals surface area contributed by atoms with Gasteiger partial charge in [0.15, 0.2) is 6.10 Å². The van der Waals surface area contributed by atoms with E-state index in [1.54, 1.807) is 13.0 Å². The van der Waals surface area contributed by atoms with E-state index >= 15 is 0 Å². The summed E-state index contributed by atoms with van der Waals surface area (Å²) in [6, 6.07) is 13.2. The molecule has 0 fully saturated rings. The van der Waals surface area contributed by atoms with Crippen LogP contribution >= 0.6 is 0 Å². The Labute approximate surface area is 177 Å². The number of hydrogen-bond donors (Lipinski definition) is 1. The van der Waals surface area contributed by atoms with Gasteiger partial charge in [0, 0.05) is 16.8 Å². The molecule has 1 unspecified atom stereocenters. The van der Waals surface area contributed by atoms with Gasteiger partial charge >= 0.3 is 5.97 Å². The summed E-state index contributed by atoms with van der Waals surface area (Å²) in [5.41, 5.74) is 5.80. The fraction of sp³-hybridized carbons (Fsp3) is 0.320. The van der Waals surface area contributed by atoms with Crippen molar-refractivity contribution in [3.8, 4) is 0 Å². The number of rotatable bonds is 5. The van der Waals surface area contributed by atoms with Crippen LogP contribution in [0.3, 0.4) is 0 Å². The van der Waals surface area contributed by atoms with Crippen LogP contribution in [0.15, 0.2) is 42.5 Å². The largest absolute Gasteiger partial charge is 0.449 e. The number of anilines is 1. The number of aryl methyl sites for hydroxylation is 3. The second-order valence-electron chi connectivity index (χ2n) is 8.08. The second kappa shape index (κ2) is 8.66. The maximum absolute atomic E-state index is 12.9. The van der Waals surface area contributed by atoms with Crippen LogP contribution in [0.4, 0.5) is 5.69 Å². The Morgan fingerprint density at radius 3 is 2.23 bits per heavy atom. The first-order chi connectivity index (χ1) is 14.2. The van der Waals surface area contributed by atoms with Crippen LogP contribution in [0, 0.1) is 20.8 Å². The van der Waals surface area contributed by atoms with Gasteiger partial charge in [0.05, 0.1) is 11.1 Å². The predicted octanol–water partition coefficient (Wildman–Crippen LogP) is 5.47. The summed E-state index contributed by atoms with van der Waals surface area (Å²) in [6.45, 7) is 11.5. The standard InChI is InChI=1S/C25H28N2O3/c1-14(2)22-13-20(19-9-7-8-10-21(19)26-22)25(29)30-18(6)24(28)27-23-16(4)11-15(3)12-17(23)5/h7-14,18H,1-6H3,(H,27,28). The number of nitrogens with zero attached hydrogens (tertiary/aromatic N) is 1. The molecular formula is C25H28N2O3. The van der Waals surface area contributed by atoms with Crippen LogP contribution in [0.1, 0.15) is 59.4 Å². The van der Waals surface area contributed by atoms with Gasteiger partial charge in [-0.05, 0) is 56.9 Å². The van der Waals surface area contributed by atoms with Crippen LogP contribution < -0.4 is 5.32 Å². The van der Waals surface area contributed by atoms with Gasteiger partial charge in [-0.2, -0.15) is 0 Å². The van der Waals surface area contributed by atoms with Crippen molar-refractivity contribution in [1.82, 2.24) is 4.98 Å². The molecule has 2 aromatic carbocycles. The molecule has 1 aromatic heterocycles. The lowest BCUT2D eigenvalue weighted by atomic mass is 10.0. The molecular weight excluding hydrogens is 376 g/mol. The first-order valence-corrected chi connectivity index (χ1v) is 10.2. The number of nitrogens with one attached hydrogen (secondary N) is 1. The zero-order chi connectivity index (χ0) is 22.0. The summed E-state index contributed by atoms with van der Waals surface area (Å²) < 4.78 is 5.54. The minimum atomic E-state index is -0.938. The number of hydrogen-bond acceptors (Lipinski definition) is 4. The van der Waals surface area contributed by atoms with E-state index in [9.17, 15) is 9.59 Å². The molecule has 5 nitrogen and oxygen atoms in total. The van der Waals surface area contributed by atoms with Crippen LogP contribution in [-0.2, 0) is 9.53 Å². The van der Waals surface area contributed by atoms with Crippen LogP contribution in [0.25, 0.3) is 10.9 Å². The fourth-order valence-electron chi connectivity index (χ4n) is 3.54. The summed E-state index contributed by atoms with van der Waals surface area (Å²) in [5, 5.41) is 3.61. The summed E-state index contributed by atoms with van der Waals surface area (Å²) in [5.74, 6) is -0.731. The van der Waals surface area contributed by atoms with Crippen molar-refractivity contribution in [2.45, 2.75) is 53.6 Å². The zero-order valence-corrected chi connectivity index (χ0v) is 18.4. The van der Waals surface area contributed by atoms with Gasteiger partial charge in [-0.1, -0.05) is 49.7 Å². The molecule has 0 spiro atoms. The number of aromatic nitrogens is 1. The number of pyridine rings is 1. The molecule has 3 aromatic rings. The van der Waals surface area contributed by atoms with Crippen molar-refractivity contribution < 1.29 is 14.3 Å². The van der Waals surface area contributed by atoms with Crippen molar-refractivity contribution in [2.24, 2.45) is 0 Å². The van der Waals surface area contributed by atoms with Gasteiger partial charge in [-0.25, -0.2) is 4.79 Å². The Morgan fingerprint density at radius 2 is 1.60 bits per heavy atom. The lowest BCUT2D eigenvalue weighted by Crippen LogP contribution is -2.30. The minimum absolute atomic E-state index is 0.161. The average Bonchev–Trinajstić information content (AvgIpc) is 2.69. The van der Waals surface area contributed by atoms with E-state index < -0.39 is 12.1 Å². The van der Waals surface area contributed by atoms with E-state index in [1.165, 1.54) is 0 Å². The summed E-state index contributed by atoms with van der Waals surface area (Å²) in [4.78, 5) is 30.3. The normalized spacial score (nSPS) is 12.1. The van der Waals surface area contributed by atoms with Gasteiger partial charge in [-0.15, -0.1) is 0 Å². The zero-order valence-electron chi connectivity index (χ0n) is 18.4. The lowest BCUT2D eigenvalue weighted by Gasteiger charge is -2.18. The molecule has 0 saturated carbocycles. The summed E-state index contributed by atoms with van der Waals surface area (Å²) in [7, 11) is 0. The molecule has 5 heteroatoms. The first kappa shape index (κ1) is 21.5. The molecule has 156 valence electrons. The van der Waals surface area contributed by atoms with E-state index in [1.807, 2.05) is 71.0 Å². The second-order valence-corrected chi connectivity index (χ2v) is 8.08. The van der Waals surface area contributed by atoms with Gasteiger partial charge in [0.1, 0.15) is 0 Å². The van der Waals surface area contributed by atoms with Crippen molar-refractivity contribution in [2.75, 3.05) is 5.32 Å². The van der Waals surface area contributed by atoms with Gasteiger partial charge in [0.25, 0.3) is 5.91 Å². The highest BCUT2D eigenvalue weighted by atomic mass is 16.5. The minimum Gasteiger partial charge on any atom is -0.449 e. The molecule has 0 aliphatic rings. The molecule has 30 heavy (non-hydrogen) atoms. The highest BCUT2D eigenvalue weighted by Crippen LogP contribution is 2.25. The van der Waals surface area contributed by atoms with E-state index in [0.29, 0.717) is 10.9 Å². The fourth-order valence-corrected chi connectivity index (χ4v) is 3.54. The van der Waals surface area contributed by atoms with E-state index in [0.717, 1.165) is 33.6 Å². The molecule has 0 aliphatic carbocycles. The van der Waals surface area contributed by atoms with Crippen molar-refractivity contribution in [1.29, 1.82) is 0 Å². The predicted molar refractivity (Wildman–Crippen MR) is 120 cm³/mol. The smallest absolute Gasteiger partial charge is 0.339 e. The summed E-state index contributed by atoms with van der Waals surface area (Å²) in [6.07, 6.45) is -0.938. The molecule has 0 aliphatic heterocycles. The van der Waals surface area contributed by atoms with Crippen molar-refractivity contribution >= 4 is 28.5 Å². The number of amides is 1. The molecule has 1 amide bonds. The van der Waals surface area contributed by atoms with Crippen LogP contribution in [0.2, 0.25) is 0 Å². The molecule has 3 rings (SSSR count). The van der Waals surface area contributed by atoms with Crippen molar-refractivity contribution in [3.05, 3.63) is 70.4 Å². The molecule has 1 N–H and O–H groups in total. The molecule has 1 atom stereocenters. The maximum atomic E-state index is 12.9. The average molecular weight is 405 g/mol. The number of benzene rings is 2. The highest BCUT2D eigenvalue weighted by Gasteiger charge is 2.22. The Hall–Kier alpha value is -3.21. The number of esters is 1. The highest BCUT2D eigenvalue weighted by molar-refractivity contribution is 6.05. The van der Waals surface area contributed by atoms with E-state index in [4.69, 9.17) is 4.74 Å². The molecule has 0 saturated heterocycles. The molecule has 0 bridgehead atoms. The topological polar surface area (TPSA) is 68.3 Å². The molecule has 1 heterocycles. The number of ether oxygens (including phenoxy) is 1. The van der Waals surface area contributed by atoms with E-state index in [-0.39, 0.29) is 11.8 Å². The summed E-state index contributed by atoms with van der Waals surface area (Å²) >= 11 is 0. The van der Waals surface area contributed by atoms with E-state index in [2.05, 4.69) is 10.3 Å².